The van der Waals surface area contributed by atoms with E-state index in [1.54, 1.807) is 12.1 Å². The Labute approximate surface area is 161 Å². The molecule has 0 fully saturated rings. The van der Waals surface area contributed by atoms with Gasteiger partial charge in [0, 0.05) is 12.2 Å². The largest absolute Gasteiger partial charge is 0.484 e. The second kappa shape index (κ2) is 9.53. The molecule has 0 spiro atoms. The highest BCUT2D eigenvalue weighted by molar-refractivity contribution is 7.89. The summed E-state index contributed by atoms with van der Waals surface area (Å²) in [5.74, 6) is 0.153. The Hall–Kier alpha value is -2.38. The summed E-state index contributed by atoms with van der Waals surface area (Å²) in [5, 5.41) is 2.82. The van der Waals surface area contributed by atoms with Crippen LogP contribution in [-0.2, 0) is 14.8 Å². The Morgan fingerprint density at radius 3 is 2.44 bits per heavy atom. The van der Waals surface area contributed by atoms with E-state index < -0.39 is 10.0 Å². The standard InChI is InChI=1S/C20H26N2O4S/c1-4-5-13-21-27(24,25)18-11-9-17(10-12-18)26-14-20(23)22-19-8-6-7-15(2)16(19)3/h6-12,21H,4-5,13-14H2,1-3H3,(H,22,23). The van der Waals surface area contributed by atoms with Crippen LogP contribution in [0.2, 0.25) is 0 Å². The first-order chi connectivity index (χ1) is 12.8. The molecule has 0 heterocycles. The van der Waals surface area contributed by atoms with E-state index in [0.717, 1.165) is 29.7 Å². The average Bonchev–Trinajstić information content (AvgIpc) is 2.64. The van der Waals surface area contributed by atoms with Gasteiger partial charge in [-0.15, -0.1) is 0 Å². The van der Waals surface area contributed by atoms with Gasteiger partial charge in [-0.2, -0.15) is 0 Å². The molecule has 0 radical (unpaired) electrons. The molecule has 7 heteroatoms. The lowest BCUT2D eigenvalue weighted by Crippen LogP contribution is -2.24. The first kappa shape index (κ1) is 20.9. The molecule has 2 aromatic carbocycles. The minimum absolute atomic E-state index is 0.159. The van der Waals surface area contributed by atoms with Gasteiger partial charge >= 0.3 is 0 Å². The van der Waals surface area contributed by atoms with Crippen molar-refractivity contribution < 1.29 is 17.9 Å². The Bertz CT molecular complexity index is 877. The van der Waals surface area contributed by atoms with Crippen LogP contribution in [0.4, 0.5) is 5.69 Å². The summed E-state index contributed by atoms with van der Waals surface area (Å²) in [4.78, 5) is 12.3. The van der Waals surface area contributed by atoms with Gasteiger partial charge < -0.3 is 10.1 Å². The number of ether oxygens (including phenoxy) is 1. The molecule has 0 aromatic heterocycles. The van der Waals surface area contributed by atoms with Crippen molar-refractivity contribution in [2.24, 2.45) is 0 Å². The first-order valence-corrected chi connectivity index (χ1v) is 10.4. The van der Waals surface area contributed by atoms with Crippen LogP contribution < -0.4 is 14.8 Å². The van der Waals surface area contributed by atoms with E-state index in [4.69, 9.17) is 4.74 Å². The van der Waals surface area contributed by atoms with Crippen molar-refractivity contribution in [3.8, 4) is 5.75 Å². The van der Waals surface area contributed by atoms with Crippen LogP contribution in [0.15, 0.2) is 47.4 Å². The molecule has 27 heavy (non-hydrogen) atoms. The number of nitrogens with one attached hydrogen (secondary N) is 2. The normalized spacial score (nSPS) is 11.2. The number of anilines is 1. The van der Waals surface area contributed by atoms with Gasteiger partial charge in [0.2, 0.25) is 10.0 Å². The van der Waals surface area contributed by atoms with E-state index in [1.807, 2.05) is 39.0 Å². The lowest BCUT2D eigenvalue weighted by atomic mass is 10.1. The van der Waals surface area contributed by atoms with Crippen LogP contribution in [0.3, 0.4) is 0 Å². The summed E-state index contributed by atoms with van der Waals surface area (Å²) in [6.07, 6.45) is 1.70. The predicted octanol–water partition coefficient (Wildman–Crippen LogP) is 3.40. The molecule has 6 nitrogen and oxygen atoms in total. The van der Waals surface area contributed by atoms with Crippen LogP contribution in [0.1, 0.15) is 30.9 Å². The molecule has 0 aliphatic rings. The molecular formula is C20H26N2O4S. The van der Waals surface area contributed by atoms with Crippen molar-refractivity contribution >= 4 is 21.6 Å². The lowest BCUT2D eigenvalue weighted by Gasteiger charge is -2.11. The van der Waals surface area contributed by atoms with Crippen LogP contribution in [0.5, 0.6) is 5.75 Å². The van der Waals surface area contributed by atoms with Crippen molar-refractivity contribution in [2.75, 3.05) is 18.5 Å². The minimum Gasteiger partial charge on any atom is -0.484 e. The zero-order valence-electron chi connectivity index (χ0n) is 15.9. The van der Waals surface area contributed by atoms with Crippen molar-refractivity contribution in [2.45, 2.75) is 38.5 Å². The second-order valence-corrected chi connectivity index (χ2v) is 8.07. The van der Waals surface area contributed by atoms with Gasteiger partial charge in [0.1, 0.15) is 5.75 Å². The van der Waals surface area contributed by atoms with Crippen LogP contribution >= 0.6 is 0 Å². The second-order valence-electron chi connectivity index (χ2n) is 6.31. The fraction of sp³-hybridized carbons (Fsp3) is 0.350. The monoisotopic (exact) mass is 390 g/mol. The fourth-order valence-corrected chi connectivity index (χ4v) is 3.48. The summed E-state index contributed by atoms with van der Waals surface area (Å²) in [6.45, 7) is 6.18. The Kier molecular flexibility index (Phi) is 7.38. The van der Waals surface area contributed by atoms with Crippen molar-refractivity contribution in [1.29, 1.82) is 0 Å². The SMILES string of the molecule is CCCCNS(=O)(=O)c1ccc(OCC(=O)Nc2cccc(C)c2C)cc1. The molecule has 2 rings (SSSR count). The quantitative estimate of drug-likeness (QED) is 0.643. The molecular weight excluding hydrogens is 364 g/mol. The zero-order chi connectivity index (χ0) is 19.9. The number of hydrogen-bond acceptors (Lipinski definition) is 4. The maximum Gasteiger partial charge on any atom is 0.262 e. The Morgan fingerprint density at radius 1 is 1.07 bits per heavy atom. The Morgan fingerprint density at radius 2 is 1.78 bits per heavy atom. The topological polar surface area (TPSA) is 84.5 Å². The van der Waals surface area contributed by atoms with Crippen molar-refractivity contribution in [3.63, 3.8) is 0 Å². The number of benzene rings is 2. The number of carbonyl (C=O) groups is 1. The zero-order valence-corrected chi connectivity index (χ0v) is 16.7. The highest BCUT2D eigenvalue weighted by Crippen LogP contribution is 2.19. The van der Waals surface area contributed by atoms with Gasteiger partial charge in [0.15, 0.2) is 6.61 Å². The van der Waals surface area contributed by atoms with E-state index in [1.165, 1.54) is 12.1 Å². The average molecular weight is 391 g/mol. The van der Waals surface area contributed by atoms with Gasteiger partial charge in [-0.3, -0.25) is 4.79 Å². The number of carbonyl (C=O) groups excluding carboxylic acids is 1. The summed E-state index contributed by atoms with van der Waals surface area (Å²) in [6, 6.07) is 11.7. The Balaban J connectivity index is 1.91. The van der Waals surface area contributed by atoms with Gasteiger partial charge in [-0.25, -0.2) is 13.1 Å². The number of sulfonamides is 1. The van der Waals surface area contributed by atoms with E-state index in [9.17, 15) is 13.2 Å². The molecule has 0 aliphatic carbocycles. The molecule has 0 saturated heterocycles. The van der Waals surface area contributed by atoms with Crippen molar-refractivity contribution in [1.82, 2.24) is 4.72 Å². The third-order valence-electron chi connectivity index (χ3n) is 4.21. The maximum atomic E-state index is 12.1. The summed E-state index contributed by atoms with van der Waals surface area (Å²) in [7, 11) is -3.51. The van der Waals surface area contributed by atoms with Crippen LogP contribution in [0, 0.1) is 13.8 Å². The fourth-order valence-electron chi connectivity index (χ4n) is 2.40. The molecule has 1 amide bonds. The first-order valence-electron chi connectivity index (χ1n) is 8.92. The summed E-state index contributed by atoms with van der Waals surface area (Å²) in [5.41, 5.74) is 2.86. The highest BCUT2D eigenvalue weighted by Gasteiger charge is 2.13. The maximum absolute atomic E-state index is 12.1. The summed E-state index contributed by atoms with van der Waals surface area (Å²) >= 11 is 0. The third kappa shape index (κ3) is 6.08. The third-order valence-corrected chi connectivity index (χ3v) is 5.68. The number of hydrogen-bond donors (Lipinski definition) is 2. The molecule has 0 bridgehead atoms. The van der Waals surface area contributed by atoms with Gasteiger partial charge in [-0.1, -0.05) is 25.5 Å². The van der Waals surface area contributed by atoms with E-state index >= 15 is 0 Å². The van der Waals surface area contributed by atoms with Crippen LogP contribution in [0.25, 0.3) is 0 Å². The minimum atomic E-state index is -3.51. The highest BCUT2D eigenvalue weighted by atomic mass is 32.2. The smallest absolute Gasteiger partial charge is 0.262 e. The van der Waals surface area contributed by atoms with E-state index in [-0.39, 0.29) is 17.4 Å². The predicted molar refractivity (Wildman–Crippen MR) is 107 cm³/mol. The molecule has 2 N–H and O–H groups in total. The van der Waals surface area contributed by atoms with Gasteiger partial charge in [0.05, 0.1) is 4.90 Å². The molecule has 0 saturated carbocycles. The summed E-state index contributed by atoms with van der Waals surface area (Å²) < 4.78 is 32.3. The number of aryl methyl sites for hydroxylation is 1. The van der Waals surface area contributed by atoms with Crippen LogP contribution in [-0.4, -0.2) is 27.5 Å². The van der Waals surface area contributed by atoms with Gasteiger partial charge in [0.25, 0.3) is 5.91 Å². The number of amides is 1. The number of rotatable bonds is 9. The van der Waals surface area contributed by atoms with E-state index in [2.05, 4.69) is 10.0 Å². The van der Waals surface area contributed by atoms with E-state index in [0.29, 0.717) is 12.3 Å². The molecule has 0 unspecified atom stereocenters. The molecule has 0 aliphatic heterocycles. The van der Waals surface area contributed by atoms with Crippen molar-refractivity contribution in [3.05, 3.63) is 53.6 Å². The molecule has 146 valence electrons. The molecule has 2 aromatic rings. The lowest BCUT2D eigenvalue weighted by molar-refractivity contribution is -0.118. The van der Waals surface area contributed by atoms with Gasteiger partial charge in [-0.05, 0) is 61.7 Å². The number of unbranched alkanes of at least 4 members (excludes halogenated alkanes) is 1. The molecule has 0 atom stereocenters.